The fraction of sp³-hybridized carbons (Fsp3) is 0.462. The zero-order valence-corrected chi connectivity index (χ0v) is 18.5. The van der Waals surface area contributed by atoms with Crippen LogP contribution in [-0.4, -0.2) is 22.5 Å². The molecule has 5 heteroatoms. The van der Waals surface area contributed by atoms with Gasteiger partial charge in [-0.15, -0.1) is 0 Å². The van der Waals surface area contributed by atoms with Gasteiger partial charge in [0.1, 0.15) is 11.6 Å². The zero-order valence-electron chi connectivity index (χ0n) is 18.5. The van der Waals surface area contributed by atoms with Gasteiger partial charge in [-0.25, -0.2) is 4.98 Å². The van der Waals surface area contributed by atoms with E-state index in [0.29, 0.717) is 30.4 Å². The first-order valence-electron chi connectivity index (χ1n) is 11.7. The van der Waals surface area contributed by atoms with E-state index in [9.17, 15) is 4.79 Å². The smallest absolute Gasteiger partial charge is 0.224 e. The molecular formula is C26H33N3O2. The molecule has 0 radical (unpaired) electrons. The second-order valence-corrected chi connectivity index (χ2v) is 8.56. The Hall–Kier alpha value is -2.82. The molecule has 1 aliphatic carbocycles. The van der Waals surface area contributed by atoms with Gasteiger partial charge >= 0.3 is 0 Å². The maximum Gasteiger partial charge on any atom is 0.224 e. The number of ether oxygens (including phenoxy) is 1. The Morgan fingerprint density at radius 2 is 1.97 bits per heavy atom. The van der Waals surface area contributed by atoms with Crippen molar-refractivity contribution in [2.75, 3.05) is 11.9 Å². The fourth-order valence-corrected chi connectivity index (χ4v) is 4.28. The molecule has 5 nitrogen and oxygen atoms in total. The Morgan fingerprint density at radius 1 is 1.16 bits per heavy atom. The maximum atomic E-state index is 12.7. The van der Waals surface area contributed by atoms with E-state index in [-0.39, 0.29) is 5.91 Å². The number of carbonyl (C=O) groups excluding carboxylic acids is 1. The highest BCUT2D eigenvalue weighted by Crippen LogP contribution is 2.35. The molecule has 2 aromatic carbocycles. The maximum absolute atomic E-state index is 12.7. The van der Waals surface area contributed by atoms with Crippen molar-refractivity contribution < 1.29 is 9.53 Å². The minimum absolute atomic E-state index is 0.00779. The van der Waals surface area contributed by atoms with E-state index in [0.717, 1.165) is 41.7 Å². The number of amides is 1. The Kier molecular flexibility index (Phi) is 7.23. The van der Waals surface area contributed by atoms with Crippen LogP contribution in [0.1, 0.15) is 75.6 Å². The molecule has 2 N–H and O–H groups in total. The van der Waals surface area contributed by atoms with Crippen LogP contribution in [0.2, 0.25) is 0 Å². The van der Waals surface area contributed by atoms with Crippen LogP contribution >= 0.6 is 0 Å². The zero-order chi connectivity index (χ0) is 21.5. The number of unbranched alkanes of at least 4 members (excludes halogenated alkanes) is 1. The number of hydrogen-bond acceptors (Lipinski definition) is 3. The summed E-state index contributed by atoms with van der Waals surface area (Å²) in [4.78, 5) is 21.1. The van der Waals surface area contributed by atoms with Crippen molar-refractivity contribution in [2.45, 2.75) is 70.6 Å². The second-order valence-electron chi connectivity index (χ2n) is 8.56. The summed E-state index contributed by atoms with van der Waals surface area (Å²) in [7, 11) is 0. The summed E-state index contributed by atoms with van der Waals surface area (Å²) in [5.41, 5.74) is 3.75. The molecule has 0 aliphatic heterocycles. The number of hydrogen-bond donors (Lipinski definition) is 2. The quantitative estimate of drug-likeness (QED) is 0.397. The molecule has 1 fully saturated rings. The average molecular weight is 420 g/mol. The number of fused-ring (bicyclic) bond motifs is 1. The SMILES string of the molecule is CCCCOc1cc2[nH]c(C3CCCCC3)nc2cc1NC(=O)CCc1ccccc1. The molecule has 0 atom stereocenters. The molecule has 164 valence electrons. The van der Waals surface area contributed by atoms with Gasteiger partial charge in [0.2, 0.25) is 5.91 Å². The molecule has 0 unspecified atom stereocenters. The highest BCUT2D eigenvalue weighted by Gasteiger charge is 2.20. The fourth-order valence-electron chi connectivity index (χ4n) is 4.28. The number of imidazole rings is 1. The van der Waals surface area contributed by atoms with Gasteiger partial charge in [0.15, 0.2) is 0 Å². The lowest BCUT2D eigenvalue weighted by Crippen LogP contribution is -2.13. The second kappa shape index (κ2) is 10.5. The van der Waals surface area contributed by atoms with Crippen LogP contribution in [-0.2, 0) is 11.2 Å². The van der Waals surface area contributed by atoms with E-state index in [1.54, 1.807) is 0 Å². The molecule has 3 aromatic rings. The van der Waals surface area contributed by atoms with Crippen molar-refractivity contribution in [3.05, 3.63) is 53.9 Å². The summed E-state index contributed by atoms with van der Waals surface area (Å²) in [5, 5.41) is 3.07. The van der Waals surface area contributed by atoms with Crippen LogP contribution in [0.3, 0.4) is 0 Å². The van der Waals surface area contributed by atoms with Gasteiger partial charge < -0.3 is 15.0 Å². The van der Waals surface area contributed by atoms with E-state index >= 15 is 0 Å². The molecule has 31 heavy (non-hydrogen) atoms. The van der Waals surface area contributed by atoms with E-state index < -0.39 is 0 Å². The Labute approximate surface area is 184 Å². The van der Waals surface area contributed by atoms with Gasteiger partial charge in [-0.2, -0.15) is 0 Å². The Morgan fingerprint density at radius 3 is 2.74 bits per heavy atom. The molecule has 0 saturated heterocycles. The lowest BCUT2D eigenvalue weighted by Gasteiger charge is -2.18. The summed E-state index contributed by atoms with van der Waals surface area (Å²) in [6.45, 7) is 2.78. The van der Waals surface area contributed by atoms with Crippen LogP contribution < -0.4 is 10.1 Å². The van der Waals surface area contributed by atoms with Crippen LogP contribution in [0, 0.1) is 0 Å². The van der Waals surface area contributed by atoms with Crippen molar-refractivity contribution in [2.24, 2.45) is 0 Å². The largest absolute Gasteiger partial charge is 0.491 e. The first-order valence-corrected chi connectivity index (χ1v) is 11.7. The number of nitrogens with one attached hydrogen (secondary N) is 2. The van der Waals surface area contributed by atoms with Gasteiger partial charge in [-0.1, -0.05) is 62.9 Å². The number of rotatable bonds is 9. The van der Waals surface area contributed by atoms with Gasteiger partial charge in [0.05, 0.1) is 23.3 Å². The summed E-state index contributed by atoms with van der Waals surface area (Å²) >= 11 is 0. The Balaban J connectivity index is 1.52. The number of carbonyl (C=O) groups is 1. The third kappa shape index (κ3) is 5.66. The van der Waals surface area contributed by atoms with Gasteiger partial charge in [-0.3, -0.25) is 4.79 Å². The molecule has 1 saturated carbocycles. The minimum Gasteiger partial charge on any atom is -0.491 e. The lowest BCUT2D eigenvalue weighted by molar-refractivity contribution is -0.116. The number of nitrogens with zero attached hydrogens (tertiary/aromatic N) is 1. The van der Waals surface area contributed by atoms with Crippen LogP contribution in [0.15, 0.2) is 42.5 Å². The predicted octanol–water partition coefficient (Wildman–Crippen LogP) is 6.36. The summed E-state index contributed by atoms with van der Waals surface area (Å²) < 4.78 is 6.04. The van der Waals surface area contributed by atoms with Gasteiger partial charge in [-0.05, 0) is 37.3 Å². The minimum atomic E-state index is -0.00779. The van der Waals surface area contributed by atoms with E-state index in [4.69, 9.17) is 9.72 Å². The predicted molar refractivity (Wildman–Crippen MR) is 126 cm³/mol. The number of aromatic nitrogens is 2. The molecule has 0 spiro atoms. The van der Waals surface area contributed by atoms with E-state index in [1.165, 1.54) is 32.1 Å². The first-order chi connectivity index (χ1) is 15.2. The molecular weight excluding hydrogens is 386 g/mol. The number of aryl methyl sites for hydroxylation is 1. The van der Waals surface area contributed by atoms with Gasteiger partial charge in [0, 0.05) is 18.4 Å². The van der Waals surface area contributed by atoms with Crippen molar-refractivity contribution in [1.29, 1.82) is 0 Å². The highest BCUT2D eigenvalue weighted by atomic mass is 16.5. The normalized spacial score (nSPS) is 14.6. The molecule has 0 bridgehead atoms. The monoisotopic (exact) mass is 419 g/mol. The van der Waals surface area contributed by atoms with Crippen molar-refractivity contribution in [3.63, 3.8) is 0 Å². The van der Waals surface area contributed by atoms with Crippen molar-refractivity contribution >= 4 is 22.6 Å². The number of aromatic amines is 1. The summed E-state index contributed by atoms with van der Waals surface area (Å²) in [5.74, 6) is 2.29. The standard InChI is InChI=1S/C26H33N3O2/c1-2-3-16-31-24-18-22-21(28-26(29-22)20-12-8-5-9-13-20)17-23(24)27-25(30)15-14-19-10-6-4-7-11-19/h4,6-7,10-11,17-18,20H,2-3,5,8-9,12-16H2,1H3,(H,27,30)(H,28,29). The molecule has 1 aliphatic rings. The molecule has 1 aromatic heterocycles. The third-order valence-electron chi connectivity index (χ3n) is 6.11. The number of H-pyrrole nitrogens is 1. The van der Waals surface area contributed by atoms with Crippen molar-refractivity contribution in [3.8, 4) is 5.75 Å². The molecule has 1 heterocycles. The average Bonchev–Trinajstić information content (AvgIpc) is 3.22. The summed E-state index contributed by atoms with van der Waals surface area (Å²) in [6, 6.07) is 14.1. The summed E-state index contributed by atoms with van der Waals surface area (Å²) in [6.07, 6.45) is 9.47. The van der Waals surface area contributed by atoms with E-state index in [1.807, 2.05) is 30.3 Å². The topological polar surface area (TPSA) is 67.0 Å². The number of benzene rings is 2. The Bertz CT molecular complexity index is 991. The molecule has 1 amide bonds. The number of anilines is 1. The van der Waals surface area contributed by atoms with Gasteiger partial charge in [0.25, 0.3) is 0 Å². The van der Waals surface area contributed by atoms with Crippen LogP contribution in [0.5, 0.6) is 5.75 Å². The third-order valence-corrected chi connectivity index (χ3v) is 6.11. The van der Waals surface area contributed by atoms with Crippen molar-refractivity contribution in [1.82, 2.24) is 9.97 Å². The van der Waals surface area contributed by atoms with Crippen LogP contribution in [0.4, 0.5) is 5.69 Å². The molecule has 4 rings (SSSR count). The first kappa shape index (κ1) is 21.4. The van der Waals surface area contributed by atoms with E-state index in [2.05, 4.69) is 29.4 Å². The van der Waals surface area contributed by atoms with Crippen LogP contribution in [0.25, 0.3) is 11.0 Å². The lowest BCUT2D eigenvalue weighted by atomic mass is 9.89. The highest BCUT2D eigenvalue weighted by molar-refractivity contribution is 5.95.